The smallest absolute Gasteiger partial charge is 0.307 e. The van der Waals surface area contributed by atoms with Crippen LogP contribution in [0, 0.1) is 23.2 Å². The van der Waals surface area contributed by atoms with E-state index >= 15 is 0 Å². The second kappa shape index (κ2) is 6.33. The largest absolute Gasteiger partial charge is 0.481 e. The monoisotopic (exact) mass is 292 g/mol. The molecular formula is C18H28O3. The molecular weight excluding hydrogens is 264 g/mol. The fraction of sp³-hybridized carbons (Fsp3) is 0.778. The maximum absolute atomic E-state index is 12.9. The molecule has 0 radical (unpaired) electrons. The van der Waals surface area contributed by atoms with Crippen LogP contribution < -0.4 is 0 Å². The van der Waals surface area contributed by atoms with Gasteiger partial charge in [-0.3, -0.25) is 9.59 Å². The van der Waals surface area contributed by atoms with Crippen molar-refractivity contribution in [2.45, 2.75) is 65.7 Å². The molecule has 2 rings (SSSR count). The summed E-state index contributed by atoms with van der Waals surface area (Å²) in [5.74, 6) is -1.42. The molecule has 0 saturated heterocycles. The van der Waals surface area contributed by atoms with E-state index in [0.29, 0.717) is 0 Å². The Bertz CT molecular complexity index is 451. The average molecular weight is 292 g/mol. The van der Waals surface area contributed by atoms with Gasteiger partial charge in [0.2, 0.25) is 0 Å². The van der Waals surface area contributed by atoms with Crippen molar-refractivity contribution in [3.05, 3.63) is 11.6 Å². The van der Waals surface area contributed by atoms with Crippen LogP contribution in [-0.2, 0) is 9.59 Å². The zero-order valence-corrected chi connectivity index (χ0v) is 13.5. The summed E-state index contributed by atoms with van der Waals surface area (Å²) < 4.78 is 0. The molecule has 0 aromatic rings. The van der Waals surface area contributed by atoms with Gasteiger partial charge in [0, 0.05) is 0 Å². The fourth-order valence-corrected chi connectivity index (χ4v) is 4.74. The van der Waals surface area contributed by atoms with Gasteiger partial charge in [-0.2, -0.15) is 0 Å². The molecule has 1 saturated carbocycles. The van der Waals surface area contributed by atoms with Crippen molar-refractivity contribution in [2.75, 3.05) is 0 Å². The van der Waals surface area contributed by atoms with E-state index in [1.807, 2.05) is 6.08 Å². The van der Waals surface area contributed by atoms with Crippen LogP contribution >= 0.6 is 0 Å². The minimum atomic E-state index is -0.782. The van der Waals surface area contributed by atoms with E-state index in [1.54, 1.807) is 0 Å². The molecule has 4 atom stereocenters. The van der Waals surface area contributed by atoms with E-state index in [-0.39, 0.29) is 17.6 Å². The Labute approximate surface area is 127 Å². The first-order valence-corrected chi connectivity index (χ1v) is 8.52. The molecule has 0 aromatic carbocycles. The molecule has 118 valence electrons. The summed E-state index contributed by atoms with van der Waals surface area (Å²) in [6.45, 7) is 6.35. The maximum Gasteiger partial charge on any atom is 0.307 e. The van der Waals surface area contributed by atoms with Crippen LogP contribution in [0.5, 0.6) is 0 Å². The number of allylic oxidation sites excluding steroid dienone is 2. The van der Waals surface area contributed by atoms with Crippen LogP contribution in [0.4, 0.5) is 0 Å². The Morgan fingerprint density at radius 1 is 1.24 bits per heavy atom. The zero-order chi connectivity index (χ0) is 15.6. The fourth-order valence-electron chi connectivity index (χ4n) is 4.74. The summed E-state index contributed by atoms with van der Waals surface area (Å²) in [4.78, 5) is 24.6. The van der Waals surface area contributed by atoms with Crippen LogP contribution in [0.25, 0.3) is 0 Å². The second-order valence-electron chi connectivity index (χ2n) is 6.67. The van der Waals surface area contributed by atoms with Crippen molar-refractivity contribution in [3.63, 3.8) is 0 Å². The Morgan fingerprint density at radius 2 is 1.95 bits per heavy atom. The highest BCUT2D eigenvalue weighted by atomic mass is 16.4. The molecule has 0 unspecified atom stereocenters. The van der Waals surface area contributed by atoms with E-state index in [0.717, 1.165) is 44.9 Å². The van der Waals surface area contributed by atoms with Crippen molar-refractivity contribution in [1.29, 1.82) is 0 Å². The van der Waals surface area contributed by atoms with Gasteiger partial charge >= 0.3 is 5.97 Å². The molecule has 21 heavy (non-hydrogen) atoms. The minimum absolute atomic E-state index is 0.00862. The number of hydrogen-bond donors (Lipinski definition) is 1. The molecule has 0 aromatic heterocycles. The predicted molar refractivity (Wildman–Crippen MR) is 83.0 cm³/mol. The number of ketones is 1. The molecule has 3 heteroatoms. The quantitative estimate of drug-likeness (QED) is 0.681. The van der Waals surface area contributed by atoms with Crippen molar-refractivity contribution in [3.8, 4) is 0 Å². The predicted octanol–water partition coefficient (Wildman–Crippen LogP) is 4.22. The third-order valence-electron chi connectivity index (χ3n) is 5.48. The topological polar surface area (TPSA) is 54.4 Å². The van der Waals surface area contributed by atoms with E-state index < -0.39 is 17.3 Å². The highest BCUT2D eigenvalue weighted by Crippen LogP contribution is 2.62. The van der Waals surface area contributed by atoms with Gasteiger partial charge in [-0.15, -0.1) is 0 Å². The van der Waals surface area contributed by atoms with Gasteiger partial charge in [-0.05, 0) is 31.6 Å². The number of Topliss-reactive ketones (excluding diaryl/α,β-unsaturated/α-hetero) is 1. The van der Waals surface area contributed by atoms with Crippen LogP contribution in [0.2, 0.25) is 0 Å². The molecule has 2 bridgehead atoms. The van der Waals surface area contributed by atoms with Gasteiger partial charge in [0.15, 0.2) is 5.78 Å². The van der Waals surface area contributed by atoms with Crippen LogP contribution in [0.15, 0.2) is 11.6 Å². The van der Waals surface area contributed by atoms with E-state index in [4.69, 9.17) is 0 Å². The van der Waals surface area contributed by atoms with Crippen molar-refractivity contribution in [2.24, 2.45) is 23.2 Å². The summed E-state index contributed by atoms with van der Waals surface area (Å²) in [6.07, 6.45) is 8.75. The van der Waals surface area contributed by atoms with Crippen molar-refractivity contribution < 1.29 is 14.7 Å². The van der Waals surface area contributed by atoms with Gasteiger partial charge in [-0.25, -0.2) is 0 Å². The second-order valence-corrected chi connectivity index (χ2v) is 6.67. The lowest BCUT2D eigenvalue weighted by Gasteiger charge is -2.38. The SMILES string of the molecule is CCCCC1=C[C@H]2C(=O)[C@]1(CCC)[C@H](CCC)[C@@H]2C(=O)O. The zero-order valence-electron chi connectivity index (χ0n) is 13.5. The standard InChI is InChI=1S/C18H28O3/c1-4-7-9-12-11-13-15(17(20)21)14(8-5-2)18(12,10-6-3)16(13)19/h11,13-15H,4-10H2,1-3H3,(H,20,21)/t13-,14-,15-,18+/m1/s1. The highest BCUT2D eigenvalue weighted by Gasteiger charge is 2.65. The first kappa shape index (κ1) is 16.3. The van der Waals surface area contributed by atoms with Crippen molar-refractivity contribution >= 4 is 11.8 Å². The Hall–Kier alpha value is -1.12. The van der Waals surface area contributed by atoms with Gasteiger partial charge in [-0.1, -0.05) is 51.7 Å². The van der Waals surface area contributed by atoms with Gasteiger partial charge < -0.3 is 5.11 Å². The molecule has 3 nitrogen and oxygen atoms in total. The van der Waals surface area contributed by atoms with Crippen LogP contribution in [0.3, 0.4) is 0 Å². The van der Waals surface area contributed by atoms with Crippen LogP contribution in [0.1, 0.15) is 65.7 Å². The molecule has 2 aliphatic rings. The first-order chi connectivity index (χ1) is 10.0. The van der Waals surface area contributed by atoms with Gasteiger partial charge in [0.25, 0.3) is 0 Å². The molecule has 0 spiro atoms. The number of carbonyl (C=O) groups is 2. The third kappa shape index (κ3) is 2.35. The Kier molecular flexibility index (Phi) is 4.90. The first-order valence-electron chi connectivity index (χ1n) is 8.52. The maximum atomic E-state index is 12.9. The average Bonchev–Trinajstić information content (AvgIpc) is 2.83. The van der Waals surface area contributed by atoms with E-state index in [2.05, 4.69) is 20.8 Å². The number of rotatable bonds is 8. The molecule has 1 fully saturated rings. The number of aliphatic carboxylic acids is 1. The number of fused-ring (bicyclic) bond motifs is 2. The summed E-state index contributed by atoms with van der Waals surface area (Å²) in [5.41, 5.74) is 0.811. The number of unbranched alkanes of at least 4 members (excludes halogenated alkanes) is 1. The summed E-state index contributed by atoms with van der Waals surface area (Å²) >= 11 is 0. The molecule has 1 N–H and O–H groups in total. The molecule has 0 amide bonds. The Morgan fingerprint density at radius 3 is 2.48 bits per heavy atom. The summed E-state index contributed by atoms with van der Waals surface area (Å²) in [7, 11) is 0. The Balaban J connectivity index is 2.44. The van der Waals surface area contributed by atoms with E-state index in [1.165, 1.54) is 5.57 Å². The lowest BCUT2D eigenvalue weighted by molar-refractivity contribution is -0.145. The van der Waals surface area contributed by atoms with Gasteiger partial charge in [0.1, 0.15) is 0 Å². The number of carbonyl (C=O) groups excluding carboxylic acids is 1. The molecule has 0 aliphatic heterocycles. The summed E-state index contributed by atoms with van der Waals surface area (Å²) in [6, 6.07) is 0. The lowest BCUT2D eigenvalue weighted by Crippen LogP contribution is -2.37. The van der Waals surface area contributed by atoms with Crippen molar-refractivity contribution in [1.82, 2.24) is 0 Å². The number of carboxylic acid groups (broad SMARTS) is 1. The van der Waals surface area contributed by atoms with E-state index in [9.17, 15) is 14.7 Å². The highest BCUT2D eigenvalue weighted by molar-refractivity contribution is 6.01. The third-order valence-corrected chi connectivity index (χ3v) is 5.48. The van der Waals surface area contributed by atoms with Crippen LogP contribution in [-0.4, -0.2) is 16.9 Å². The number of carboxylic acids is 1. The lowest BCUT2D eigenvalue weighted by atomic mass is 9.64. The van der Waals surface area contributed by atoms with Gasteiger partial charge in [0.05, 0.1) is 17.3 Å². The number of hydrogen-bond acceptors (Lipinski definition) is 2. The minimum Gasteiger partial charge on any atom is -0.481 e. The molecule has 0 heterocycles. The molecule has 2 aliphatic carbocycles. The normalized spacial score (nSPS) is 34.3. The summed E-state index contributed by atoms with van der Waals surface area (Å²) in [5, 5.41) is 9.61.